The number of hydrogen-bond donors (Lipinski definition) is 0. The van der Waals surface area contributed by atoms with Gasteiger partial charge in [-0.15, -0.1) is 0 Å². The fourth-order valence-electron chi connectivity index (χ4n) is 5.08. The molecule has 39 heavy (non-hydrogen) atoms. The molecule has 3 aromatic carbocycles. The number of aromatic nitrogens is 3. The highest BCUT2D eigenvalue weighted by atomic mass is 19.4. The van der Waals surface area contributed by atoms with Crippen molar-refractivity contribution in [3.63, 3.8) is 0 Å². The Morgan fingerprint density at radius 3 is 2.41 bits per heavy atom. The van der Waals surface area contributed by atoms with Crippen molar-refractivity contribution < 1.29 is 22.4 Å². The largest absolute Gasteiger partial charge is 0.433 e. The number of hydrogen-bond acceptors (Lipinski definition) is 4. The van der Waals surface area contributed by atoms with E-state index in [1.807, 2.05) is 36.4 Å². The van der Waals surface area contributed by atoms with Crippen molar-refractivity contribution in [2.24, 2.45) is 0 Å². The summed E-state index contributed by atoms with van der Waals surface area (Å²) in [6.45, 7) is 2.39. The van der Waals surface area contributed by atoms with Crippen LogP contribution in [0.5, 0.6) is 0 Å². The number of alkyl halides is 3. The van der Waals surface area contributed by atoms with Crippen LogP contribution in [0.25, 0.3) is 27.7 Å². The van der Waals surface area contributed by atoms with Crippen molar-refractivity contribution in [3.8, 4) is 11.3 Å². The van der Waals surface area contributed by atoms with Gasteiger partial charge in [-0.3, -0.25) is 9.69 Å². The first-order valence-electron chi connectivity index (χ1n) is 12.5. The summed E-state index contributed by atoms with van der Waals surface area (Å²) in [4.78, 5) is 21.7. The topological polar surface area (TPSA) is 53.7 Å². The Kier molecular flexibility index (Phi) is 6.26. The number of carbonyl (C=O) groups is 1. The highest BCUT2D eigenvalue weighted by Gasteiger charge is 2.36. The minimum absolute atomic E-state index is 0.0150. The molecule has 0 saturated carbocycles. The van der Waals surface area contributed by atoms with Gasteiger partial charge in [-0.1, -0.05) is 54.6 Å². The number of carbonyl (C=O) groups excluding carboxylic acids is 1. The number of rotatable bonds is 4. The molecule has 0 bridgehead atoms. The van der Waals surface area contributed by atoms with Crippen LogP contribution in [0.3, 0.4) is 0 Å². The van der Waals surface area contributed by atoms with Crippen molar-refractivity contribution in [2.75, 3.05) is 26.2 Å². The van der Waals surface area contributed by atoms with Crippen LogP contribution < -0.4 is 0 Å². The highest BCUT2D eigenvalue weighted by Crippen LogP contribution is 2.35. The smallest absolute Gasteiger partial charge is 0.336 e. The zero-order valence-corrected chi connectivity index (χ0v) is 20.7. The molecule has 1 aliphatic heterocycles. The first kappa shape index (κ1) is 25.0. The van der Waals surface area contributed by atoms with Gasteiger partial charge in [-0.25, -0.2) is 13.9 Å². The van der Waals surface area contributed by atoms with Gasteiger partial charge in [0.2, 0.25) is 0 Å². The molecule has 1 fully saturated rings. The van der Waals surface area contributed by atoms with Crippen LogP contribution in [0.2, 0.25) is 0 Å². The Morgan fingerprint density at radius 1 is 0.897 bits per heavy atom. The van der Waals surface area contributed by atoms with Gasteiger partial charge < -0.3 is 4.90 Å². The fourth-order valence-corrected chi connectivity index (χ4v) is 5.08. The number of benzene rings is 3. The van der Waals surface area contributed by atoms with E-state index in [0.717, 1.165) is 28.6 Å². The maximum Gasteiger partial charge on any atom is 0.433 e. The van der Waals surface area contributed by atoms with Gasteiger partial charge in [0, 0.05) is 38.3 Å². The predicted octanol–water partition coefficient (Wildman–Crippen LogP) is 5.67. The zero-order chi connectivity index (χ0) is 27.1. The first-order valence-corrected chi connectivity index (χ1v) is 12.5. The normalized spacial score (nSPS) is 14.8. The second-order valence-corrected chi connectivity index (χ2v) is 9.54. The van der Waals surface area contributed by atoms with Crippen LogP contribution in [0.4, 0.5) is 17.6 Å². The van der Waals surface area contributed by atoms with Crippen molar-refractivity contribution in [1.29, 1.82) is 0 Å². The predicted molar refractivity (Wildman–Crippen MR) is 139 cm³/mol. The molecule has 6 nitrogen and oxygen atoms in total. The van der Waals surface area contributed by atoms with Crippen molar-refractivity contribution >= 4 is 22.3 Å². The fraction of sp³-hybridized carbons (Fsp3) is 0.207. The summed E-state index contributed by atoms with van der Waals surface area (Å²) in [6.07, 6.45) is -3.55. The second kappa shape index (κ2) is 9.77. The Morgan fingerprint density at radius 2 is 1.64 bits per heavy atom. The molecule has 1 aliphatic rings. The maximum absolute atomic E-state index is 14.1. The molecular weight excluding hydrogens is 510 g/mol. The molecule has 1 amide bonds. The van der Waals surface area contributed by atoms with E-state index in [1.165, 1.54) is 12.1 Å². The number of piperazine rings is 1. The second-order valence-electron chi connectivity index (χ2n) is 9.54. The lowest BCUT2D eigenvalue weighted by molar-refractivity contribution is -0.142. The van der Waals surface area contributed by atoms with Crippen LogP contribution >= 0.6 is 0 Å². The third kappa shape index (κ3) is 4.83. The number of halogens is 4. The van der Waals surface area contributed by atoms with E-state index < -0.39 is 17.8 Å². The van der Waals surface area contributed by atoms with Crippen LogP contribution in [-0.4, -0.2) is 56.5 Å². The van der Waals surface area contributed by atoms with Crippen molar-refractivity contribution in [1.82, 2.24) is 24.4 Å². The average molecular weight is 534 g/mol. The van der Waals surface area contributed by atoms with Crippen LogP contribution in [0, 0.1) is 5.82 Å². The average Bonchev–Trinajstić information content (AvgIpc) is 3.35. The quantitative estimate of drug-likeness (QED) is 0.280. The Bertz CT molecular complexity index is 1680. The van der Waals surface area contributed by atoms with Crippen molar-refractivity contribution in [2.45, 2.75) is 12.7 Å². The van der Waals surface area contributed by atoms with Crippen LogP contribution in [-0.2, 0) is 12.7 Å². The molecule has 0 aliphatic carbocycles. The molecule has 0 N–H and O–H groups in total. The number of fused-ring (bicyclic) bond motifs is 2. The Labute approximate surface area is 221 Å². The van der Waals surface area contributed by atoms with Gasteiger partial charge in [0.15, 0.2) is 11.3 Å². The molecule has 1 saturated heterocycles. The summed E-state index contributed by atoms with van der Waals surface area (Å²) in [7, 11) is 0. The van der Waals surface area contributed by atoms with E-state index in [4.69, 9.17) is 0 Å². The molecule has 2 aromatic heterocycles. The van der Waals surface area contributed by atoms with Gasteiger partial charge in [-0.2, -0.15) is 18.3 Å². The summed E-state index contributed by atoms with van der Waals surface area (Å²) in [5, 5.41) is 5.54. The molecule has 198 valence electrons. The van der Waals surface area contributed by atoms with Crippen LogP contribution in [0.1, 0.15) is 21.6 Å². The molecule has 0 spiro atoms. The van der Waals surface area contributed by atoms with Gasteiger partial charge >= 0.3 is 6.18 Å². The first-order chi connectivity index (χ1) is 18.8. The summed E-state index contributed by atoms with van der Waals surface area (Å²) < 4.78 is 56.6. The summed E-state index contributed by atoms with van der Waals surface area (Å²) in [5.74, 6) is -0.728. The monoisotopic (exact) mass is 533 g/mol. The molecule has 0 atom stereocenters. The molecular formula is C29H23F4N5O. The molecule has 6 rings (SSSR count). The lowest BCUT2D eigenvalue weighted by atomic mass is 10.0. The van der Waals surface area contributed by atoms with E-state index in [2.05, 4.69) is 15.0 Å². The Balaban J connectivity index is 1.32. The van der Waals surface area contributed by atoms with Crippen molar-refractivity contribution in [3.05, 3.63) is 102 Å². The van der Waals surface area contributed by atoms with Crippen LogP contribution in [0.15, 0.2) is 79.0 Å². The molecule has 5 aromatic rings. The van der Waals surface area contributed by atoms with E-state index in [0.29, 0.717) is 42.8 Å². The minimum Gasteiger partial charge on any atom is -0.336 e. The Hall–Kier alpha value is -4.31. The third-order valence-corrected chi connectivity index (χ3v) is 7.01. The molecule has 3 heterocycles. The van der Waals surface area contributed by atoms with Gasteiger partial charge in [-0.05, 0) is 34.5 Å². The lowest BCUT2D eigenvalue weighted by Crippen LogP contribution is -2.48. The number of nitrogens with zero attached hydrogens (tertiary/aromatic N) is 5. The summed E-state index contributed by atoms with van der Waals surface area (Å²) >= 11 is 0. The van der Waals surface area contributed by atoms with Gasteiger partial charge in [0.1, 0.15) is 11.4 Å². The van der Waals surface area contributed by atoms with E-state index >= 15 is 0 Å². The van der Waals surface area contributed by atoms with Gasteiger partial charge in [0.25, 0.3) is 5.91 Å². The van der Waals surface area contributed by atoms with Gasteiger partial charge in [0.05, 0.1) is 11.9 Å². The summed E-state index contributed by atoms with van der Waals surface area (Å²) in [5.41, 5.74) is 0.352. The zero-order valence-electron chi connectivity index (χ0n) is 20.7. The maximum atomic E-state index is 14.1. The van der Waals surface area contributed by atoms with E-state index in [1.54, 1.807) is 23.1 Å². The summed E-state index contributed by atoms with van der Waals surface area (Å²) in [6, 6.07) is 20.1. The molecule has 0 unspecified atom stereocenters. The molecule has 0 radical (unpaired) electrons. The SMILES string of the molecule is O=C(c1cnn2c(C(F)(F)F)cc(-c3cccc4ccccc34)nc12)N1CCN(Cc2cccc(F)c2)CC1. The highest BCUT2D eigenvalue weighted by molar-refractivity contribution is 6.01. The van der Waals surface area contributed by atoms with E-state index in [9.17, 15) is 22.4 Å². The minimum atomic E-state index is -4.71. The number of amides is 1. The molecule has 10 heteroatoms. The van der Waals surface area contributed by atoms with E-state index in [-0.39, 0.29) is 22.7 Å². The standard InChI is InChI=1S/C29H23F4N5O/c30-21-8-3-5-19(15-21)18-36-11-13-37(14-12-36)28(39)24-17-34-38-26(29(31,32)33)16-25(35-27(24)38)23-10-4-7-20-6-1-2-9-22(20)23/h1-10,15-17H,11-14,18H2. The third-order valence-electron chi connectivity index (χ3n) is 7.01. The lowest BCUT2D eigenvalue weighted by Gasteiger charge is -2.34.